The van der Waals surface area contributed by atoms with Gasteiger partial charge in [-0.1, -0.05) is 30.3 Å². The fourth-order valence-electron chi connectivity index (χ4n) is 3.58. The molecule has 0 bridgehead atoms. The summed E-state index contributed by atoms with van der Waals surface area (Å²) in [7, 11) is 0. The second-order valence-corrected chi connectivity index (χ2v) is 6.97. The molecule has 4 nitrogen and oxygen atoms in total. The third-order valence-corrected chi connectivity index (χ3v) is 5.02. The molecule has 0 atom stereocenters. The minimum Gasteiger partial charge on any atom is -0.353 e. The van der Waals surface area contributed by atoms with Crippen LogP contribution in [0.1, 0.15) is 21.5 Å². The van der Waals surface area contributed by atoms with Crippen LogP contribution >= 0.6 is 0 Å². The molecule has 1 aliphatic rings. The average Bonchev–Trinajstić information content (AvgIpc) is 2.68. The number of aryl methyl sites for hydroxylation is 2. The van der Waals surface area contributed by atoms with Crippen molar-refractivity contribution in [1.82, 2.24) is 9.88 Å². The number of anilines is 1. The number of piperazine rings is 1. The highest BCUT2D eigenvalue weighted by Gasteiger charge is 2.23. The van der Waals surface area contributed by atoms with Crippen LogP contribution < -0.4 is 4.90 Å². The number of nitrogens with zero attached hydrogens (tertiary/aromatic N) is 3. The number of benzene rings is 2. The van der Waals surface area contributed by atoms with E-state index in [1.54, 1.807) is 0 Å². The summed E-state index contributed by atoms with van der Waals surface area (Å²) in [6, 6.07) is 18.1. The molecule has 1 aliphatic heterocycles. The van der Waals surface area contributed by atoms with Crippen molar-refractivity contribution in [3.63, 3.8) is 0 Å². The molecule has 0 aliphatic carbocycles. The highest BCUT2D eigenvalue weighted by molar-refractivity contribution is 5.94. The number of amides is 1. The van der Waals surface area contributed by atoms with Crippen LogP contribution in [-0.2, 0) is 0 Å². The van der Waals surface area contributed by atoms with E-state index in [4.69, 9.17) is 4.98 Å². The van der Waals surface area contributed by atoms with Crippen LogP contribution in [0.2, 0.25) is 0 Å². The normalized spacial score (nSPS) is 14.7. The van der Waals surface area contributed by atoms with E-state index < -0.39 is 0 Å². The maximum atomic E-state index is 12.6. The van der Waals surface area contributed by atoms with Crippen molar-refractivity contribution in [2.75, 3.05) is 31.1 Å². The van der Waals surface area contributed by atoms with Crippen molar-refractivity contribution in [2.24, 2.45) is 0 Å². The summed E-state index contributed by atoms with van der Waals surface area (Å²) in [4.78, 5) is 21.8. The Balaban J connectivity index is 1.52. The number of rotatable bonds is 2. The third kappa shape index (κ3) is 3.15. The van der Waals surface area contributed by atoms with Crippen LogP contribution in [-0.4, -0.2) is 42.0 Å². The number of hydrogen-bond acceptors (Lipinski definition) is 3. The molecule has 2 heterocycles. The van der Waals surface area contributed by atoms with E-state index in [2.05, 4.69) is 43.0 Å². The van der Waals surface area contributed by atoms with Gasteiger partial charge in [0.2, 0.25) is 0 Å². The summed E-state index contributed by atoms with van der Waals surface area (Å²) in [5.74, 6) is 1.15. The van der Waals surface area contributed by atoms with Crippen molar-refractivity contribution < 1.29 is 4.79 Å². The van der Waals surface area contributed by atoms with Gasteiger partial charge in [-0.3, -0.25) is 4.79 Å². The Morgan fingerprint density at radius 2 is 1.65 bits per heavy atom. The van der Waals surface area contributed by atoms with Crippen LogP contribution in [0.25, 0.3) is 10.9 Å². The molecule has 4 rings (SSSR count). The van der Waals surface area contributed by atoms with Gasteiger partial charge in [0.05, 0.1) is 5.52 Å². The molecule has 1 fully saturated rings. The lowest BCUT2D eigenvalue weighted by molar-refractivity contribution is 0.0746. The van der Waals surface area contributed by atoms with Gasteiger partial charge in [-0.2, -0.15) is 0 Å². The molecule has 0 N–H and O–H groups in total. The average molecular weight is 345 g/mol. The second kappa shape index (κ2) is 6.79. The van der Waals surface area contributed by atoms with Crippen molar-refractivity contribution >= 4 is 22.6 Å². The monoisotopic (exact) mass is 345 g/mol. The van der Waals surface area contributed by atoms with Crippen LogP contribution in [0.5, 0.6) is 0 Å². The number of carbonyl (C=O) groups excluding carboxylic acids is 1. The lowest BCUT2D eigenvalue weighted by Gasteiger charge is -2.36. The Morgan fingerprint density at radius 3 is 2.38 bits per heavy atom. The van der Waals surface area contributed by atoms with Gasteiger partial charge in [0.15, 0.2) is 0 Å². The van der Waals surface area contributed by atoms with Crippen LogP contribution in [0.15, 0.2) is 54.6 Å². The predicted octanol–water partition coefficient (Wildman–Crippen LogP) is 3.81. The number of hydrogen-bond donors (Lipinski definition) is 0. The molecule has 1 aromatic heterocycles. The highest BCUT2D eigenvalue weighted by atomic mass is 16.2. The lowest BCUT2D eigenvalue weighted by Crippen LogP contribution is -2.49. The number of aromatic nitrogens is 1. The minimum atomic E-state index is 0.115. The van der Waals surface area contributed by atoms with Gasteiger partial charge >= 0.3 is 0 Å². The van der Waals surface area contributed by atoms with E-state index in [0.29, 0.717) is 0 Å². The first-order valence-corrected chi connectivity index (χ1v) is 9.09. The summed E-state index contributed by atoms with van der Waals surface area (Å²) in [6.45, 7) is 7.27. The molecular formula is C22H23N3O. The minimum absolute atomic E-state index is 0.115. The highest BCUT2D eigenvalue weighted by Crippen LogP contribution is 2.25. The topological polar surface area (TPSA) is 36.4 Å². The lowest BCUT2D eigenvalue weighted by atomic mass is 10.1. The maximum Gasteiger partial charge on any atom is 0.253 e. The number of pyridine rings is 1. The smallest absolute Gasteiger partial charge is 0.253 e. The zero-order valence-electron chi connectivity index (χ0n) is 15.3. The van der Waals surface area contributed by atoms with Gasteiger partial charge in [-0.15, -0.1) is 0 Å². The number of fused-ring (bicyclic) bond motifs is 1. The summed E-state index contributed by atoms with van der Waals surface area (Å²) in [5.41, 5.74) is 4.20. The molecule has 132 valence electrons. The predicted molar refractivity (Wildman–Crippen MR) is 106 cm³/mol. The Bertz CT molecular complexity index is 944. The fraction of sp³-hybridized carbons (Fsp3) is 0.273. The van der Waals surface area contributed by atoms with E-state index in [0.717, 1.165) is 43.1 Å². The molecule has 0 saturated carbocycles. The molecular weight excluding hydrogens is 322 g/mol. The molecule has 26 heavy (non-hydrogen) atoms. The van der Waals surface area contributed by atoms with Crippen molar-refractivity contribution in [1.29, 1.82) is 0 Å². The molecule has 0 spiro atoms. The first-order valence-electron chi connectivity index (χ1n) is 9.09. The van der Waals surface area contributed by atoms with E-state index in [1.165, 1.54) is 16.5 Å². The molecule has 1 amide bonds. The zero-order valence-corrected chi connectivity index (χ0v) is 15.3. The molecule has 4 heteroatoms. The molecule has 1 saturated heterocycles. The van der Waals surface area contributed by atoms with Gasteiger partial charge in [0.25, 0.3) is 5.91 Å². The maximum absolute atomic E-state index is 12.6. The van der Waals surface area contributed by atoms with Gasteiger partial charge in [0.1, 0.15) is 5.82 Å². The van der Waals surface area contributed by atoms with E-state index >= 15 is 0 Å². The fourth-order valence-corrected chi connectivity index (χ4v) is 3.58. The molecule has 3 aromatic rings. The van der Waals surface area contributed by atoms with Crippen LogP contribution in [0.3, 0.4) is 0 Å². The van der Waals surface area contributed by atoms with Crippen molar-refractivity contribution in [3.05, 3.63) is 71.3 Å². The zero-order chi connectivity index (χ0) is 18.1. The Hall–Kier alpha value is -2.88. The Kier molecular flexibility index (Phi) is 4.33. The van der Waals surface area contributed by atoms with Crippen molar-refractivity contribution in [3.8, 4) is 0 Å². The van der Waals surface area contributed by atoms with E-state index in [1.807, 2.05) is 35.2 Å². The van der Waals surface area contributed by atoms with Crippen LogP contribution in [0.4, 0.5) is 5.82 Å². The Morgan fingerprint density at radius 1 is 0.923 bits per heavy atom. The van der Waals surface area contributed by atoms with Gasteiger partial charge < -0.3 is 9.80 Å². The summed E-state index contributed by atoms with van der Waals surface area (Å²) >= 11 is 0. The number of carbonyl (C=O) groups is 1. The van der Waals surface area contributed by atoms with E-state index in [-0.39, 0.29) is 5.91 Å². The summed E-state index contributed by atoms with van der Waals surface area (Å²) in [5, 5.41) is 1.18. The molecule has 0 unspecified atom stereocenters. The first-order chi connectivity index (χ1) is 12.6. The van der Waals surface area contributed by atoms with E-state index in [9.17, 15) is 4.79 Å². The molecule has 2 aromatic carbocycles. The summed E-state index contributed by atoms with van der Waals surface area (Å²) in [6.07, 6.45) is 0. The van der Waals surface area contributed by atoms with Gasteiger partial charge in [-0.05, 0) is 49.2 Å². The standard InChI is InChI=1S/C22H23N3O/c1-16-8-9-19-15-17(2)21(23-20(19)14-16)24-10-12-25(13-11-24)22(26)18-6-4-3-5-7-18/h3-9,14-15H,10-13H2,1-2H3. The molecule has 0 radical (unpaired) electrons. The van der Waals surface area contributed by atoms with Gasteiger partial charge in [0, 0.05) is 37.1 Å². The third-order valence-electron chi connectivity index (χ3n) is 5.02. The largest absolute Gasteiger partial charge is 0.353 e. The SMILES string of the molecule is Cc1ccc2cc(C)c(N3CCN(C(=O)c4ccccc4)CC3)nc2c1. The Labute approximate surface area is 154 Å². The summed E-state index contributed by atoms with van der Waals surface area (Å²) < 4.78 is 0. The van der Waals surface area contributed by atoms with Crippen molar-refractivity contribution in [2.45, 2.75) is 13.8 Å². The quantitative estimate of drug-likeness (QED) is 0.708. The first kappa shape index (κ1) is 16.6. The van der Waals surface area contributed by atoms with Crippen LogP contribution in [0, 0.1) is 13.8 Å². The van der Waals surface area contributed by atoms with Gasteiger partial charge in [-0.25, -0.2) is 4.98 Å². The second-order valence-electron chi connectivity index (χ2n) is 6.97.